The highest BCUT2D eigenvalue weighted by Gasteiger charge is 2.19. The number of nitrogens with zero attached hydrogens (tertiary/aromatic N) is 1. The average Bonchev–Trinajstić information content (AvgIpc) is 2.26. The second-order valence-corrected chi connectivity index (χ2v) is 3.32. The van der Waals surface area contributed by atoms with Crippen LogP contribution in [0.4, 0.5) is 5.69 Å². The van der Waals surface area contributed by atoms with Crippen LogP contribution in [0.3, 0.4) is 0 Å². The summed E-state index contributed by atoms with van der Waals surface area (Å²) in [6, 6.07) is 6.77. The molecule has 0 saturated heterocycles. The first-order valence-corrected chi connectivity index (χ1v) is 4.73. The third-order valence-electron chi connectivity index (χ3n) is 2.26. The van der Waals surface area contributed by atoms with Gasteiger partial charge in [0, 0.05) is 17.7 Å². The Labute approximate surface area is 92.7 Å². The number of aliphatic hydroxyl groups is 1. The van der Waals surface area contributed by atoms with E-state index in [0.717, 1.165) is 0 Å². The Hall–Kier alpha value is -2.06. The highest BCUT2D eigenvalue weighted by atomic mass is 16.4. The molecule has 5 nitrogen and oxygen atoms in total. The smallest absolute Gasteiger partial charge is 0.337 e. The van der Waals surface area contributed by atoms with E-state index in [9.17, 15) is 9.90 Å². The maximum Gasteiger partial charge on any atom is 0.337 e. The van der Waals surface area contributed by atoms with Gasteiger partial charge in [-0.2, -0.15) is 5.26 Å². The number of hydrogen-bond acceptors (Lipinski definition) is 4. The van der Waals surface area contributed by atoms with Crippen molar-refractivity contribution < 1.29 is 15.0 Å². The summed E-state index contributed by atoms with van der Waals surface area (Å²) in [7, 11) is 0. The fourth-order valence-electron chi connectivity index (χ4n) is 1.41. The molecule has 5 heteroatoms. The van der Waals surface area contributed by atoms with Gasteiger partial charge in [0.05, 0.1) is 6.07 Å². The molecule has 0 radical (unpaired) electrons. The number of aryl methyl sites for hydroxylation is 1. The van der Waals surface area contributed by atoms with Crippen molar-refractivity contribution in [2.45, 2.75) is 18.9 Å². The molecule has 0 spiro atoms. The Morgan fingerprint density at radius 2 is 2.25 bits per heavy atom. The van der Waals surface area contributed by atoms with Gasteiger partial charge in [-0.3, -0.25) is 0 Å². The van der Waals surface area contributed by atoms with E-state index in [2.05, 4.69) is 0 Å². The number of benzene rings is 1. The number of para-hydroxylation sites is 1. The molecule has 0 aliphatic heterocycles. The Balaban J connectivity index is 3.04. The predicted octanol–water partition coefficient (Wildman–Crippen LogP) is 0.843. The molecule has 1 atom stereocenters. The number of carboxylic acids is 1. The van der Waals surface area contributed by atoms with E-state index < -0.39 is 12.1 Å². The highest BCUT2D eigenvalue weighted by molar-refractivity contribution is 5.77. The van der Waals surface area contributed by atoms with Crippen molar-refractivity contribution in [2.24, 2.45) is 0 Å². The van der Waals surface area contributed by atoms with Crippen molar-refractivity contribution in [2.75, 3.05) is 5.73 Å². The van der Waals surface area contributed by atoms with Gasteiger partial charge in [-0.05, 0) is 12.0 Å². The van der Waals surface area contributed by atoms with E-state index in [4.69, 9.17) is 16.1 Å². The van der Waals surface area contributed by atoms with Gasteiger partial charge in [0.1, 0.15) is 0 Å². The summed E-state index contributed by atoms with van der Waals surface area (Å²) in [4.78, 5) is 10.6. The molecule has 0 heterocycles. The quantitative estimate of drug-likeness (QED) is 0.652. The molecule has 1 rings (SSSR count). The summed E-state index contributed by atoms with van der Waals surface area (Å²) in [6.07, 6.45) is -0.874. The molecule has 16 heavy (non-hydrogen) atoms. The molecule has 0 aromatic heterocycles. The lowest BCUT2D eigenvalue weighted by molar-refractivity contribution is -0.146. The second-order valence-electron chi connectivity index (χ2n) is 3.32. The SMILES string of the molecule is N#CCCc1cccc(C(O)C(=O)O)c1N. The minimum Gasteiger partial charge on any atom is -0.479 e. The number of aliphatic carboxylic acids is 1. The maximum atomic E-state index is 10.6. The molecule has 84 valence electrons. The highest BCUT2D eigenvalue weighted by Crippen LogP contribution is 2.25. The van der Waals surface area contributed by atoms with Crippen LogP contribution in [-0.2, 0) is 11.2 Å². The van der Waals surface area contributed by atoms with Crippen molar-refractivity contribution in [1.29, 1.82) is 5.26 Å². The van der Waals surface area contributed by atoms with E-state index in [1.807, 2.05) is 6.07 Å². The zero-order valence-corrected chi connectivity index (χ0v) is 8.55. The zero-order chi connectivity index (χ0) is 12.1. The van der Waals surface area contributed by atoms with Crippen LogP contribution in [-0.4, -0.2) is 16.2 Å². The fourth-order valence-corrected chi connectivity index (χ4v) is 1.41. The standard InChI is InChI=1S/C11H12N2O3/c12-6-2-4-7-3-1-5-8(9(7)13)10(14)11(15)16/h1,3,5,10,14H,2,4,13H2,(H,15,16). The van der Waals surface area contributed by atoms with Crippen LogP contribution in [0.1, 0.15) is 23.7 Å². The van der Waals surface area contributed by atoms with Crippen molar-refractivity contribution in [1.82, 2.24) is 0 Å². The van der Waals surface area contributed by atoms with E-state index in [1.165, 1.54) is 6.07 Å². The second kappa shape index (κ2) is 5.14. The lowest BCUT2D eigenvalue weighted by Crippen LogP contribution is -2.13. The van der Waals surface area contributed by atoms with Crippen molar-refractivity contribution in [3.63, 3.8) is 0 Å². The predicted molar refractivity (Wildman–Crippen MR) is 57.4 cm³/mol. The minimum absolute atomic E-state index is 0.169. The summed E-state index contributed by atoms with van der Waals surface area (Å²) >= 11 is 0. The van der Waals surface area contributed by atoms with Crippen LogP contribution in [0.5, 0.6) is 0 Å². The molecular formula is C11H12N2O3. The van der Waals surface area contributed by atoms with Crippen LogP contribution >= 0.6 is 0 Å². The van der Waals surface area contributed by atoms with E-state index in [1.54, 1.807) is 12.1 Å². The molecule has 0 fully saturated rings. The molecule has 0 aliphatic carbocycles. The van der Waals surface area contributed by atoms with Gasteiger partial charge < -0.3 is 15.9 Å². The maximum absolute atomic E-state index is 10.6. The molecule has 1 aromatic carbocycles. The zero-order valence-electron chi connectivity index (χ0n) is 8.55. The monoisotopic (exact) mass is 220 g/mol. The van der Waals surface area contributed by atoms with E-state index >= 15 is 0 Å². The number of nitrogen functional groups attached to an aromatic ring is 1. The van der Waals surface area contributed by atoms with Crippen molar-refractivity contribution in [3.8, 4) is 6.07 Å². The first kappa shape index (κ1) is 12.0. The third kappa shape index (κ3) is 2.49. The minimum atomic E-state index is -1.62. The van der Waals surface area contributed by atoms with Gasteiger partial charge >= 0.3 is 5.97 Å². The molecule has 0 aliphatic rings. The number of carbonyl (C=O) groups is 1. The Kier molecular flexibility index (Phi) is 3.86. The number of rotatable bonds is 4. The van der Waals surface area contributed by atoms with Crippen LogP contribution in [0.25, 0.3) is 0 Å². The van der Waals surface area contributed by atoms with E-state index in [-0.39, 0.29) is 11.3 Å². The van der Waals surface area contributed by atoms with Crippen LogP contribution < -0.4 is 5.73 Å². The summed E-state index contributed by atoms with van der Waals surface area (Å²) in [5.41, 5.74) is 6.82. The summed E-state index contributed by atoms with van der Waals surface area (Å²) in [5.74, 6) is -1.34. The van der Waals surface area contributed by atoms with Gasteiger partial charge in [0.15, 0.2) is 6.10 Å². The Morgan fingerprint density at radius 3 is 2.81 bits per heavy atom. The van der Waals surface area contributed by atoms with Gasteiger partial charge in [-0.1, -0.05) is 18.2 Å². The normalized spacial score (nSPS) is 11.8. The van der Waals surface area contributed by atoms with Gasteiger partial charge in [-0.25, -0.2) is 4.79 Å². The number of carboxylic acid groups (broad SMARTS) is 1. The largest absolute Gasteiger partial charge is 0.479 e. The van der Waals surface area contributed by atoms with Crippen LogP contribution in [0.2, 0.25) is 0 Å². The number of aliphatic hydroxyl groups excluding tert-OH is 1. The Bertz CT molecular complexity index is 437. The molecule has 4 N–H and O–H groups in total. The van der Waals surface area contributed by atoms with Crippen LogP contribution in [0, 0.1) is 11.3 Å². The summed E-state index contributed by atoms with van der Waals surface area (Å²) in [6.45, 7) is 0. The first-order chi connectivity index (χ1) is 7.57. The third-order valence-corrected chi connectivity index (χ3v) is 2.26. The average molecular weight is 220 g/mol. The first-order valence-electron chi connectivity index (χ1n) is 4.73. The topological polar surface area (TPSA) is 107 Å². The number of nitriles is 1. The number of anilines is 1. The Morgan fingerprint density at radius 1 is 1.56 bits per heavy atom. The molecular weight excluding hydrogens is 208 g/mol. The van der Waals surface area contributed by atoms with Gasteiger partial charge in [0.25, 0.3) is 0 Å². The van der Waals surface area contributed by atoms with Gasteiger partial charge in [0.2, 0.25) is 0 Å². The summed E-state index contributed by atoms with van der Waals surface area (Å²) in [5, 5.41) is 26.5. The van der Waals surface area contributed by atoms with Crippen LogP contribution in [0.15, 0.2) is 18.2 Å². The van der Waals surface area contributed by atoms with E-state index in [0.29, 0.717) is 18.4 Å². The van der Waals surface area contributed by atoms with Gasteiger partial charge in [-0.15, -0.1) is 0 Å². The molecule has 0 saturated carbocycles. The molecule has 1 unspecified atom stereocenters. The van der Waals surface area contributed by atoms with Crippen molar-refractivity contribution in [3.05, 3.63) is 29.3 Å². The number of nitrogens with two attached hydrogens (primary N) is 1. The molecule has 0 bridgehead atoms. The fraction of sp³-hybridized carbons (Fsp3) is 0.273. The number of hydrogen-bond donors (Lipinski definition) is 3. The lowest BCUT2D eigenvalue weighted by Gasteiger charge is -2.12. The lowest BCUT2D eigenvalue weighted by atomic mass is 10.00. The summed E-state index contributed by atoms with van der Waals surface area (Å²) < 4.78 is 0. The van der Waals surface area contributed by atoms with Crippen molar-refractivity contribution >= 4 is 11.7 Å². The molecule has 1 aromatic rings. The molecule has 0 amide bonds.